The average molecular weight is 432 g/mol. The van der Waals surface area contributed by atoms with Crippen LogP contribution in [0.25, 0.3) is 21.8 Å². The van der Waals surface area contributed by atoms with Crippen LogP contribution >= 0.6 is 11.3 Å². The molecule has 31 heavy (non-hydrogen) atoms. The molecule has 0 bridgehead atoms. The molecule has 0 radical (unpaired) electrons. The molecule has 0 aliphatic heterocycles. The van der Waals surface area contributed by atoms with Crippen LogP contribution in [0.1, 0.15) is 0 Å². The first-order valence-electron chi connectivity index (χ1n) is 9.22. The van der Waals surface area contributed by atoms with Gasteiger partial charge in [-0.2, -0.15) is 0 Å². The largest absolute Gasteiger partial charge is 0.477 e. The molecule has 0 spiro atoms. The van der Waals surface area contributed by atoms with Gasteiger partial charge in [0, 0.05) is 40.7 Å². The van der Waals surface area contributed by atoms with E-state index in [2.05, 4.69) is 15.3 Å². The van der Waals surface area contributed by atoms with E-state index in [1.54, 1.807) is 24.5 Å². The summed E-state index contributed by atoms with van der Waals surface area (Å²) in [4.78, 5) is 31.5. The third-order valence-corrected chi connectivity index (χ3v) is 5.17. The summed E-state index contributed by atoms with van der Waals surface area (Å²) in [6.45, 7) is -0.350. The Hall–Kier alpha value is -4.11. The first-order valence-corrected chi connectivity index (χ1v) is 10.1. The van der Waals surface area contributed by atoms with Gasteiger partial charge in [0.05, 0.1) is 10.6 Å². The second kappa shape index (κ2) is 9.14. The lowest BCUT2D eigenvalue weighted by Gasteiger charge is -2.08. The monoisotopic (exact) mass is 432 g/mol. The number of thiazole rings is 1. The summed E-state index contributed by atoms with van der Waals surface area (Å²) in [6, 6.07) is 17.0. The van der Waals surface area contributed by atoms with Gasteiger partial charge in [-0.15, -0.1) is 11.3 Å². The van der Waals surface area contributed by atoms with Crippen molar-refractivity contribution in [2.45, 2.75) is 0 Å². The molecule has 8 nitrogen and oxygen atoms in total. The number of nitrogens with zero attached hydrogens (tertiary/aromatic N) is 3. The van der Waals surface area contributed by atoms with Crippen molar-refractivity contribution in [1.82, 2.24) is 9.97 Å². The Morgan fingerprint density at radius 2 is 1.94 bits per heavy atom. The molecule has 0 aliphatic rings. The summed E-state index contributed by atoms with van der Waals surface area (Å²) in [7, 11) is 0. The Morgan fingerprint density at radius 3 is 2.74 bits per heavy atom. The highest BCUT2D eigenvalue weighted by molar-refractivity contribution is 7.13. The number of aromatic nitrogens is 2. The Bertz CT molecular complexity index is 1230. The molecule has 0 aliphatic carbocycles. The molecule has 2 aromatic heterocycles. The molecule has 2 aromatic carbocycles. The third-order valence-electron chi connectivity index (χ3n) is 4.28. The zero-order valence-electron chi connectivity index (χ0n) is 16.1. The summed E-state index contributed by atoms with van der Waals surface area (Å²) in [5.74, 6) is -0.383. The molecule has 9 heteroatoms. The number of benzene rings is 2. The molecule has 1 N–H and O–H groups in total. The van der Waals surface area contributed by atoms with Gasteiger partial charge in [0.2, 0.25) is 0 Å². The van der Waals surface area contributed by atoms with Gasteiger partial charge in [-0.25, -0.2) is 4.98 Å². The molecule has 1 amide bonds. The summed E-state index contributed by atoms with van der Waals surface area (Å²) >= 11 is 1.51. The zero-order chi connectivity index (χ0) is 21.6. The lowest BCUT2D eigenvalue weighted by molar-refractivity contribution is -0.385. The van der Waals surface area contributed by atoms with Gasteiger partial charge in [0.15, 0.2) is 12.4 Å². The normalized spacial score (nSPS) is 10.5. The van der Waals surface area contributed by atoms with Crippen LogP contribution in [0.3, 0.4) is 0 Å². The Balaban J connectivity index is 1.43. The van der Waals surface area contributed by atoms with E-state index in [1.165, 1.54) is 29.5 Å². The van der Waals surface area contributed by atoms with Crippen LogP contribution in [-0.2, 0) is 4.79 Å². The number of anilines is 1. The van der Waals surface area contributed by atoms with Crippen LogP contribution in [-0.4, -0.2) is 27.4 Å². The smallest absolute Gasteiger partial charge is 0.310 e. The summed E-state index contributed by atoms with van der Waals surface area (Å²) in [6.07, 6.45) is 3.47. The van der Waals surface area contributed by atoms with Gasteiger partial charge in [-0.1, -0.05) is 24.3 Å². The highest BCUT2D eigenvalue weighted by atomic mass is 32.1. The number of hydrogen-bond donors (Lipinski definition) is 1. The maximum absolute atomic E-state index is 12.3. The number of rotatable bonds is 7. The average Bonchev–Trinajstić information content (AvgIpc) is 3.29. The summed E-state index contributed by atoms with van der Waals surface area (Å²) in [5.41, 5.74) is 2.96. The van der Waals surface area contributed by atoms with Crippen LogP contribution in [0.5, 0.6) is 5.75 Å². The number of pyridine rings is 1. The number of carbonyl (C=O) groups is 1. The van der Waals surface area contributed by atoms with Crippen molar-refractivity contribution in [2.75, 3.05) is 11.9 Å². The van der Waals surface area contributed by atoms with E-state index < -0.39 is 10.8 Å². The number of carbonyl (C=O) groups excluding carboxylic acids is 1. The lowest BCUT2D eigenvalue weighted by Crippen LogP contribution is -2.20. The molecule has 0 atom stereocenters. The molecular weight excluding hydrogens is 416 g/mol. The molecule has 154 valence electrons. The van der Waals surface area contributed by atoms with Crippen molar-refractivity contribution in [3.8, 4) is 27.6 Å². The molecule has 4 rings (SSSR count). The van der Waals surface area contributed by atoms with Crippen LogP contribution in [0.15, 0.2) is 78.4 Å². The van der Waals surface area contributed by atoms with E-state index in [4.69, 9.17) is 4.74 Å². The van der Waals surface area contributed by atoms with E-state index in [-0.39, 0.29) is 18.0 Å². The van der Waals surface area contributed by atoms with Crippen LogP contribution in [0.4, 0.5) is 11.4 Å². The molecular formula is C22H16N4O4S. The Labute approximate surface area is 181 Å². The van der Waals surface area contributed by atoms with Gasteiger partial charge in [-0.05, 0) is 30.3 Å². The van der Waals surface area contributed by atoms with E-state index in [9.17, 15) is 14.9 Å². The van der Waals surface area contributed by atoms with Crippen molar-refractivity contribution < 1.29 is 14.5 Å². The molecule has 0 saturated carbocycles. The lowest BCUT2D eigenvalue weighted by atomic mass is 10.1. The van der Waals surface area contributed by atoms with Gasteiger partial charge < -0.3 is 10.1 Å². The van der Waals surface area contributed by atoms with Crippen molar-refractivity contribution in [3.63, 3.8) is 0 Å². The minimum atomic E-state index is -0.551. The van der Waals surface area contributed by atoms with Crippen LogP contribution in [0, 0.1) is 10.1 Å². The van der Waals surface area contributed by atoms with Crippen molar-refractivity contribution >= 4 is 28.6 Å². The van der Waals surface area contributed by atoms with Crippen molar-refractivity contribution in [2.24, 2.45) is 0 Å². The van der Waals surface area contributed by atoms with E-state index in [1.807, 2.05) is 35.7 Å². The topological polar surface area (TPSA) is 107 Å². The molecule has 2 heterocycles. The Morgan fingerprint density at radius 1 is 1.10 bits per heavy atom. The second-order valence-corrected chi connectivity index (χ2v) is 7.28. The molecule has 4 aromatic rings. The fourth-order valence-electron chi connectivity index (χ4n) is 2.85. The molecule has 0 fully saturated rings. The minimum absolute atomic E-state index is 0.0433. The highest BCUT2D eigenvalue weighted by Gasteiger charge is 2.15. The highest BCUT2D eigenvalue weighted by Crippen LogP contribution is 2.30. The number of hydrogen-bond acceptors (Lipinski definition) is 7. The van der Waals surface area contributed by atoms with Crippen molar-refractivity contribution in [3.05, 3.63) is 88.6 Å². The third kappa shape index (κ3) is 4.90. The zero-order valence-corrected chi connectivity index (χ0v) is 16.9. The van der Waals surface area contributed by atoms with Crippen LogP contribution in [0.2, 0.25) is 0 Å². The molecule has 0 unspecified atom stereocenters. The van der Waals surface area contributed by atoms with Gasteiger partial charge in [0.25, 0.3) is 5.91 Å². The Kier molecular flexibility index (Phi) is 5.95. The predicted octanol–water partition coefficient (Wildman–Crippen LogP) is 4.80. The number of nitro groups is 1. The van der Waals surface area contributed by atoms with Crippen molar-refractivity contribution in [1.29, 1.82) is 0 Å². The number of nitrogens with one attached hydrogen (secondary N) is 1. The first kappa shape index (κ1) is 20.2. The summed E-state index contributed by atoms with van der Waals surface area (Å²) in [5, 5.41) is 16.6. The fraction of sp³-hybridized carbons (Fsp3) is 0.0455. The fourth-order valence-corrected chi connectivity index (χ4v) is 3.67. The SMILES string of the molecule is O=C(COc1ccccc1[N+](=O)[O-])Nc1cccc(-c2csc(-c3cccnc3)n2)c1. The maximum Gasteiger partial charge on any atom is 0.310 e. The van der Waals surface area contributed by atoms with Gasteiger partial charge >= 0.3 is 5.69 Å². The van der Waals surface area contributed by atoms with E-state index in [0.29, 0.717) is 5.69 Å². The maximum atomic E-state index is 12.3. The predicted molar refractivity (Wildman–Crippen MR) is 118 cm³/mol. The van der Waals surface area contributed by atoms with Gasteiger partial charge in [0.1, 0.15) is 5.01 Å². The number of para-hydroxylation sites is 2. The quantitative estimate of drug-likeness (QED) is 0.332. The van der Waals surface area contributed by atoms with E-state index >= 15 is 0 Å². The van der Waals surface area contributed by atoms with E-state index in [0.717, 1.165) is 21.8 Å². The number of nitro benzene ring substituents is 1. The minimum Gasteiger partial charge on any atom is -0.477 e. The molecule has 0 saturated heterocycles. The van der Waals surface area contributed by atoms with Gasteiger partial charge in [-0.3, -0.25) is 19.9 Å². The standard InChI is InChI=1S/C22H16N4O4S/c27-21(13-30-20-9-2-1-8-19(20)26(28)29)24-17-7-3-5-15(11-17)18-14-31-22(25-18)16-6-4-10-23-12-16/h1-12,14H,13H2,(H,24,27). The van der Waals surface area contributed by atoms with Crippen LogP contribution < -0.4 is 10.1 Å². The summed E-state index contributed by atoms with van der Waals surface area (Å²) < 4.78 is 5.33. The first-order chi connectivity index (χ1) is 15.1. The number of amides is 1. The second-order valence-electron chi connectivity index (χ2n) is 6.42. The number of ether oxygens (including phenoxy) is 1.